The van der Waals surface area contributed by atoms with Gasteiger partial charge < -0.3 is 10.4 Å². The number of non-ortho nitro benzene ring substituents is 1. The van der Waals surface area contributed by atoms with Crippen LogP contribution in [0.2, 0.25) is 0 Å². The molecule has 2 N–H and O–H groups in total. The van der Waals surface area contributed by atoms with Gasteiger partial charge in [-0.05, 0) is 12.0 Å². The maximum absolute atomic E-state index is 11.4. The quantitative estimate of drug-likeness (QED) is 0.569. The van der Waals surface area contributed by atoms with Crippen LogP contribution in [0.4, 0.5) is 11.4 Å². The van der Waals surface area contributed by atoms with E-state index in [9.17, 15) is 14.9 Å². The Bertz CT molecular complexity index is 458. The van der Waals surface area contributed by atoms with Gasteiger partial charge in [-0.3, -0.25) is 14.9 Å². The molecule has 1 heterocycles. The minimum absolute atomic E-state index is 0.0542. The first kappa shape index (κ1) is 10.6. The van der Waals surface area contributed by atoms with Gasteiger partial charge in [-0.2, -0.15) is 0 Å². The molecule has 1 atom stereocenters. The standard InChI is InChI=1S/C10H10N2O4/c13-5-7-3-6-1-2-8(12(15)16)4-9(6)11-10(7)14/h1-2,4,7,13H,3,5H2,(H,11,14). The van der Waals surface area contributed by atoms with E-state index in [0.29, 0.717) is 12.1 Å². The summed E-state index contributed by atoms with van der Waals surface area (Å²) in [4.78, 5) is 21.5. The molecule has 1 aromatic carbocycles. The number of benzene rings is 1. The lowest BCUT2D eigenvalue weighted by atomic mass is 9.93. The maximum atomic E-state index is 11.4. The average molecular weight is 222 g/mol. The summed E-state index contributed by atoms with van der Waals surface area (Å²) in [5.74, 6) is -0.760. The third kappa shape index (κ3) is 1.74. The summed E-state index contributed by atoms with van der Waals surface area (Å²) in [6, 6.07) is 4.33. The van der Waals surface area contributed by atoms with Crippen molar-refractivity contribution < 1.29 is 14.8 Å². The molecule has 0 radical (unpaired) electrons. The molecule has 1 amide bonds. The number of hydrogen-bond donors (Lipinski definition) is 2. The van der Waals surface area contributed by atoms with Crippen molar-refractivity contribution in [3.05, 3.63) is 33.9 Å². The van der Waals surface area contributed by atoms with E-state index in [4.69, 9.17) is 5.11 Å². The number of rotatable bonds is 2. The van der Waals surface area contributed by atoms with Gasteiger partial charge in [0.25, 0.3) is 5.69 Å². The molecule has 1 aliphatic rings. The third-order valence-corrected chi connectivity index (χ3v) is 2.62. The minimum atomic E-state index is -0.509. The second-order valence-corrected chi connectivity index (χ2v) is 3.67. The Morgan fingerprint density at radius 2 is 2.31 bits per heavy atom. The topological polar surface area (TPSA) is 92.5 Å². The Kier molecular flexibility index (Phi) is 2.57. The van der Waals surface area contributed by atoms with Crippen LogP contribution in [0, 0.1) is 16.0 Å². The van der Waals surface area contributed by atoms with Crippen molar-refractivity contribution in [1.82, 2.24) is 0 Å². The zero-order valence-electron chi connectivity index (χ0n) is 8.34. The molecule has 16 heavy (non-hydrogen) atoms. The highest BCUT2D eigenvalue weighted by atomic mass is 16.6. The van der Waals surface area contributed by atoms with Gasteiger partial charge in [0.05, 0.1) is 23.1 Å². The maximum Gasteiger partial charge on any atom is 0.271 e. The second-order valence-electron chi connectivity index (χ2n) is 3.67. The Balaban J connectivity index is 2.36. The molecule has 0 bridgehead atoms. The van der Waals surface area contributed by atoms with E-state index in [2.05, 4.69) is 5.32 Å². The van der Waals surface area contributed by atoms with Crippen LogP contribution in [0.15, 0.2) is 18.2 Å². The Labute approximate surface area is 91.0 Å². The van der Waals surface area contributed by atoms with Crippen molar-refractivity contribution in [2.75, 3.05) is 11.9 Å². The highest BCUT2D eigenvalue weighted by molar-refractivity contribution is 5.96. The van der Waals surface area contributed by atoms with Crippen LogP contribution in [0.3, 0.4) is 0 Å². The Hall–Kier alpha value is -1.95. The fourth-order valence-electron chi connectivity index (χ4n) is 1.71. The fourth-order valence-corrected chi connectivity index (χ4v) is 1.71. The fraction of sp³-hybridized carbons (Fsp3) is 0.300. The van der Waals surface area contributed by atoms with Crippen molar-refractivity contribution in [2.24, 2.45) is 5.92 Å². The number of carbonyl (C=O) groups is 1. The van der Waals surface area contributed by atoms with Crippen molar-refractivity contribution in [1.29, 1.82) is 0 Å². The number of aliphatic hydroxyl groups excluding tert-OH is 1. The lowest BCUT2D eigenvalue weighted by Gasteiger charge is -2.22. The molecule has 84 valence electrons. The van der Waals surface area contributed by atoms with Gasteiger partial charge in [0.1, 0.15) is 0 Å². The predicted molar refractivity (Wildman–Crippen MR) is 56.0 cm³/mol. The summed E-state index contributed by atoms with van der Waals surface area (Å²) < 4.78 is 0. The first-order valence-corrected chi connectivity index (χ1v) is 4.81. The number of nitro groups is 1. The van der Waals surface area contributed by atoms with E-state index in [0.717, 1.165) is 5.56 Å². The summed E-state index contributed by atoms with van der Waals surface area (Å²) in [6.45, 7) is -0.220. The van der Waals surface area contributed by atoms with E-state index in [-0.39, 0.29) is 18.2 Å². The monoisotopic (exact) mass is 222 g/mol. The van der Waals surface area contributed by atoms with Crippen LogP contribution in [0.25, 0.3) is 0 Å². The largest absolute Gasteiger partial charge is 0.396 e. The van der Waals surface area contributed by atoms with Crippen molar-refractivity contribution >= 4 is 17.3 Å². The number of carbonyl (C=O) groups excluding carboxylic acids is 1. The molecule has 2 rings (SSSR count). The molecule has 1 aliphatic heterocycles. The van der Waals surface area contributed by atoms with Gasteiger partial charge in [0, 0.05) is 12.1 Å². The van der Waals surface area contributed by atoms with Crippen molar-refractivity contribution in [2.45, 2.75) is 6.42 Å². The van der Waals surface area contributed by atoms with E-state index in [1.807, 2.05) is 0 Å². The zero-order chi connectivity index (χ0) is 11.7. The molecular weight excluding hydrogens is 212 g/mol. The summed E-state index contributed by atoms with van der Waals surface area (Å²) in [7, 11) is 0. The lowest BCUT2D eigenvalue weighted by molar-refractivity contribution is -0.384. The van der Waals surface area contributed by atoms with Crippen LogP contribution in [-0.4, -0.2) is 22.5 Å². The molecule has 0 saturated heterocycles. The van der Waals surface area contributed by atoms with Crippen molar-refractivity contribution in [3.63, 3.8) is 0 Å². The first-order valence-electron chi connectivity index (χ1n) is 4.81. The smallest absolute Gasteiger partial charge is 0.271 e. The summed E-state index contributed by atoms with van der Waals surface area (Å²) >= 11 is 0. The SMILES string of the molecule is O=C1Nc2cc([N+](=O)[O-])ccc2CC1CO. The molecule has 0 aliphatic carbocycles. The molecule has 6 nitrogen and oxygen atoms in total. The normalized spacial score (nSPS) is 18.8. The molecule has 0 spiro atoms. The molecule has 0 saturated carbocycles. The van der Waals surface area contributed by atoms with E-state index in [1.54, 1.807) is 6.07 Å². The molecule has 1 aromatic rings. The van der Waals surface area contributed by atoms with Gasteiger partial charge in [0.15, 0.2) is 0 Å². The number of fused-ring (bicyclic) bond motifs is 1. The summed E-state index contributed by atoms with van der Waals surface area (Å²) in [5, 5.41) is 22.1. The number of amides is 1. The molecule has 0 aromatic heterocycles. The van der Waals surface area contributed by atoms with Gasteiger partial charge in [-0.25, -0.2) is 0 Å². The van der Waals surface area contributed by atoms with Crippen LogP contribution >= 0.6 is 0 Å². The summed E-state index contributed by atoms with van der Waals surface area (Å²) in [5.41, 5.74) is 1.22. The highest BCUT2D eigenvalue weighted by Crippen LogP contribution is 2.28. The number of nitro benzene ring substituents is 1. The van der Waals surface area contributed by atoms with Gasteiger partial charge >= 0.3 is 0 Å². The van der Waals surface area contributed by atoms with Gasteiger partial charge in [-0.15, -0.1) is 0 Å². The zero-order valence-corrected chi connectivity index (χ0v) is 8.34. The number of nitrogens with zero attached hydrogens (tertiary/aromatic N) is 1. The molecule has 6 heteroatoms. The Morgan fingerprint density at radius 3 is 2.94 bits per heavy atom. The summed E-state index contributed by atoms with van der Waals surface area (Å²) in [6.07, 6.45) is 0.412. The van der Waals surface area contributed by atoms with E-state index in [1.165, 1.54) is 12.1 Å². The lowest BCUT2D eigenvalue weighted by Crippen LogP contribution is -2.32. The van der Waals surface area contributed by atoms with Crippen molar-refractivity contribution in [3.8, 4) is 0 Å². The van der Waals surface area contributed by atoms with Crippen LogP contribution in [0.1, 0.15) is 5.56 Å². The first-order chi connectivity index (χ1) is 7.61. The molecular formula is C10H10N2O4. The average Bonchev–Trinajstić information content (AvgIpc) is 2.27. The Morgan fingerprint density at radius 1 is 1.56 bits per heavy atom. The van der Waals surface area contributed by atoms with E-state index < -0.39 is 10.8 Å². The minimum Gasteiger partial charge on any atom is -0.396 e. The number of aliphatic hydroxyl groups is 1. The van der Waals surface area contributed by atoms with Crippen LogP contribution in [0.5, 0.6) is 0 Å². The molecule has 0 fully saturated rings. The number of anilines is 1. The number of hydrogen-bond acceptors (Lipinski definition) is 4. The second kappa shape index (κ2) is 3.90. The predicted octanol–water partition coefficient (Wildman–Crippen LogP) is 0.698. The van der Waals surface area contributed by atoms with Crippen LogP contribution < -0.4 is 5.32 Å². The molecule has 1 unspecified atom stereocenters. The van der Waals surface area contributed by atoms with Crippen LogP contribution in [-0.2, 0) is 11.2 Å². The highest BCUT2D eigenvalue weighted by Gasteiger charge is 2.26. The van der Waals surface area contributed by atoms with E-state index >= 15 is 0 Å². The van der Waals surface area contributed by atoms with Gasteiger partial charge in [-0.1, -0.05) is 6.07 Å². The third-order valence-electron chi connectivity index (χ3n) is 2.62. The number of nitrogens with one attached hydrogen (secondary N) is 1. The van der Waals surface area contributed by atoms with Gasteiger partial charge in [0.2, 0.25) is 5.91 Å².